The van der Waals surface area contributed by atoms with E-state index in [1.165, 1.54) is 0 Å². The molecule has 3 aromatic rings. The van der Waals surface area contributed by atoms with E-state index in [9.17, 15) is 9.90 Å². The number of benzene rings is 2. The number of likely N-dealkylation sites (tertiary alicyclic amines) is 1. The molecule has 5 heteroatoms. The van der Waals surface area contributed by atoms with Crippen molar-refractivity contribution in [1.29, 1.82) is 0 Å². The molecule has 2 aliphatic heterocycles. The van der Waals surface area contributed by atoms with Gasteiger partial charge in [-0.2, -0.15) is 0 Å². The highest BCUT2D eigenvalue weighted by Gasteiger charge is 2.44. The van der Waals surface area contributed by atoms with Gasteiger partial charge in [-0.15, -0.1) is 0 Å². The summed E-state index contributed by atoms with van der Waals surface area (Å²) in [6, 6.07) is 18.2. The summed E-state index contributed by atoms with van der Waals surface area (Å²) >= 11 is 0. The predicted octanol–water partition coefficient (Wildman–Crippen LogP) is 4.07. The number of aryl methyl sites for hydroxylation is 1. The Morgan fingerprint density at radius 1 is 1.07 bits per heavy atom. The molecule has 0 radical (unpaired) electrons. The molecule has 1 N–H and O–H groups in total. The fourth-order valence-electron chi connectivity index (χ4n) is 5.15. The number of nitrogens with zero attached hydrogens (tertiary/aromatic N) is 2. The number of hydrogen-bond donors (Lipinski definition) is 1. The van der Waals surface area contributed by atoms with E-state index in [1.807, 2.05) is 65.2 Å². The van der Waals surface area contributed by atoms with E-state index in [0.717, 1.165) is 34.9 Å². The fourth-order valence-corrected chi connectivity index (χ4v) is 5.15. The molecule has 5 rings (SSSR count). The van der Waals surface area contributed by atoms with Crippen LogP contribution in [0, 0.1) is 0 Å². The first-order chi connectivity index (χ1) is 14.5. The van der Waals surface area contributed by atoms with E-state index in [2.05, 4.69) is 12.1 Å². The first kappa shape index (κ1) is 19.3. The van der Waals surface area contributed by atoms with Crippen LogP contribution in [-0.2, 0) is 11.8 Å². The molecule has 5 nitrogen and oxygen atoms in total. The van der Waals surface area contributed by atoms with Crippen molar-refractivity contribution in [3.63, 3.8) is 0 Å². The Morgan fingerprint density at radius 3 is 2.53 bits per heavy atom. The lowest BCUT2D eigenvalue weighted by Gasteiger charge is -2.48. The van der Waals surface area contributed by atoms with Crippen molar-refractivity contribution in [2.75, 3.05) is 13.1 Å². The lowest BCUT2D eigenvalue weighted by atomic mass is 9.81. The minimum atomic E-state index is -0.371. The molecule has 30 heavy (non-hydrogen) atoms. The van der Waals surface area contributed by atoms with Crippen molar-refractivity contribution in [3.8, 4) is 0 Å². The minimum Gasteiger partial charge on any atom is -0.393 e. The topological polar surface area (TPSA) is 54.7 Å². The summed E-state index contributed by atoms with van der Waals surface area (Å²) in [6.45, 7) is 1.30. The number of aliphatic hydroxyl groups excluding tert-OH is 1. The van der Waals surface area contributed by atoms with Crippen LogP contribution in [0.5, 0.6) is 0 Å². The lowest BCUT2D eigenvalue weighted by molar-refractivity contribution is -0.181. The van der Waals surface area contributed by atoms with Crippen LogP contribution >= 0.6 is 0 Å². The van der Waals surface area contributed by atoms with Crippen molar-refractivity contribution in [1.82, 2.24) is 9.47 Å². The highest BCUT2D eigenvalue weighted by molar-refractivity contribution is 6.07. The summed E-state index contributed by atoms with van der Waals surface area (Å²) in [5.41, 5.74) is 2.59. The zero-order chi connectivity index (χ0) is 20.7. The van der Waals surface area contributed by atoms with E-state index >= 15 is 0 Å². The molecule has 156 valence electrons. The SMILES string of the molecule is Cn1cc(C(=O)N2CCC3(CC2)C[C@H](O)C[C@H](c2ccccc2)O3)c2ccccc21. The van der Waals surface area contributed by atoms with Crippen LogP contribution in [0.2, 0.25) is 0 Å². The number of para-hydroxylation sites is 1. The molecule has 2 saturated heterocycles. The number of aromatic nitrogens is 1. The normalized spacial score (nSPS) is 23.7. The summed E-state index contributed by atoms with van der Waals surface area (Å²) < 4.78 is 8.59. The Labute approximate surface area is 176 Å². The largest absolute Gasteiger partial charge is 0.393 e. The van der Waals surface area contributed by atoms with Gasteiger partial charge in [-0.05, 0) is 24.5 Å². The van der Waals surface area contributed by atoms with Gasteiger partial charge in [0.2, 0.25) is 0 Å². The van der Waals surface area contributed by atoms with E-state index in [0.29, 0.717) is 25.9 Å². The first-order valence-electron chi connectivity index (χ1n) is 10.8. The van der Waals surface area contributed by atoms with E-state index in [-0.39, 0.29) is 23.7 Å². The maximum atomic E-state index is 13.3. The van der Waals surface area contributed by atoms with Gasteiger partial charge in [-0.1, -0.05) is 48.5 Å². The van der Waals surface area contributed by atoms with Crippen LogP contribution in [-0.4, -0.2) is 45.3 Å². The number of amides is 1. The van der Waals surface area contributed by atoms with E-state index < -0.39 is 0 Å². The van der Waals surface area contributed by atoms with Gasteiger partial charge in [0.25, 0.3) is 5.91 Å². The van der Waals surface area contributed by atoms with Crippen LogP contribution in [0.1, 0.15) is 47.7 Å². The van der Waals surface area contributed by atoms with Crippen molar-refractivity contribution in [3.05, 3.63) is 71.9 Å². The molecule has 1 spiro atoms. The Hall–Kier alpha value is -2.63. The zero-order valence-electron chi connectivity index (χ0n) is 17.3. The van der Waals surface area contributed by atoms with E-state index in [4.69, 9.17) is 4.74 Å². The quantitative estimate of drug-likeness (QED) is 0.701. The molecule has 2 aromatic carbocycles. The number of aliphatic hydroxyl groups is 1. The summed E-state index contributed by atoms with van der Waals surface area (Å²) in [4.78, 5) is 15.2. The smallest absolute Gasteiger partial charge is 0.256 e. The third kappa shape index (κ3) is 3.42. The summed E-state index contributed by atoms with van der Waals surface area (Å²) in [5.74, 6) is 0.0811. The number of carbonyl (C=O) groups is 1. The molecule has 2 fully saturated rings. The van der Waals surface area contributed by atoms with Gasteiger partial charge in [0.15, 0.2) is 0 Å². The molecule has 1 amide bonds. The van der Waals surface area contributed by atoms with Gasteiger partial charge in [0, 0.05) is 50.1 Å². The maximum Gasteiger partial charge on any atom is 0.256 e. The average molecular weight is 405 g/mol. The van der Waals surface area contributed by atoms with Gasteiger partial charge in [0.05, 0.1) is 23.4 Å². The number of ether oxygens (including phenoxy) is 1. The van der Waals surface area contributed by atoms with Gasteiger partial charge in [-0.3, -0.25) is 4.79 Å². The molecule has 2 atom stereocenters. The van der Waals surface area contributed by atoms with Crippen LogP contribution in [0.4, 0.5) is 0 Å². The molecule has 1 aromatic heterocycles. The van der Waals surface area contributed by atoms with Crippen LogP contribution in [0.25, 0.3) is 10.9 Å². The second-order valence-electron chi connectivity index (χ2n) is 8.76. The molecule has 0 unspecified atom stereocenters. The second kappa shape index (κ2) is 7.56. The number of piperidine rings is 1. The van der Waals surface area contributed by atoms with Crippen molar-refractivity contribution in [2.45, 2.75) is 43.5 Å². The number of fused-ring (bicyclic) bond motifs is 1. The Balaban J connectivity index is 1.32. The highest BCUT2D eigenvalue weighted by atomic mass is 16.5. The molecule has 2 aliphatic rings. The molecule has 0 bridgehead atoms. The molecule has 0 saturated carbocycles. The first-order valence-corrected chi connectivity index (χ1v) is 10.8. The maximum absolute atomic E-state index is 13.3. The Kier molecular flexibility index (Phi) is 4.88. The summed E-state index contributed by atoms with van der Waals surface area (Å²) in [5, 5.41) is 11.6. The van der Waals surface area contributed by atoms with Crippen molar-refractivity contribution < 1.29 is 14.6 Å². The third-order valence-corrected chi connectivity index (χ3v) is 6.75. The number of hydrogen-bond acceptors (Lipinski definition) is 3. The predicted molar refractivity (Wildman–Crippen MR) is 116 cm³/mol. The van der Waals surface area contributed by atoms with Gasteiger partial charge in [-0.25, -0.2) is 0 Å². The van der Waals surface area contributed by atoms with Crippen LogP contribution < -0.4 is 0 Å². The minimum absolute atomic E-state index is 0.0811. The molecule has 0 aliphatic carbocycles. The van der Waals surface area contributed by atoms with Crippen molar-refractivity contribution in [2.24, 2.45) is 7.05 Å². The van der Waals surface area contributed by atoms with Gasteiger partial charge in [0.1, 0.15) is 0 Å². The van der Waals surface area contributed by atoms with E-state index in [1.54, 1.807) is 0 Å². The van der Waals surface area contributed by atoms with Crippen LogP contribution in [0.15, 0.2) is 60.8 Å². The van der Waals surface area contributed by atoms with Gasteiger partial charge < -0.3 is 19.3 Å². The monoisotopic (exact) mass is 404 g/mol. The molecule has 3 heterocycles. The number of rotatable bonds is 2. The average Bonchev–Trinajstić information content (AvgIpc) is 3.11. The highest BCUT2D eigenvalue weighted by Crippen LogP contribution is 2.43. The summed E-state index contributed by atoms with van der Waals surface area (Å²) in [7, 11) is 1.98. The molecular formula is C25H28N2O3. The van der Waals surface area contributed by atoms with Gasteiger partial charge >= 0.3 is 0 Å². The molecular weight excluding hydrogens is 376 g/mol. The standard InChI is InChI=1S/C25H28N2O3/c1-26-17-21(20-9-5-6-10-22(20)26)24(29)27-13-11-25(12-14-27)16-19(28)15-23(30-25)18-7-3-2-4-8-18/h2-10,17,19,23,28H,11-16H2,1H3/t19-,23-/m1/s1. The fraction of sp³-hybridized carbons (Fsp3) is 0.400. The Morgan fingerprint density at radius 2 is 1.77 bits per heavy atom. The summed E-state index contributed by atoms with van der Waals surface area (Å²) in [6.07, 6.45) is 4.26. The zero-order valence-corrected chi connectivity index (χ0v) is 17.3. The Bertz CT molecular complexity index is 1050. The van der Waals surface area contributed by atoms with Crippen LogP contribution in [0.3, 0.4) is 0 Å². The number of carbonyl (C=O) groups excluding carboxylic acids is 1. The third-order valence-electron chi connectivity index (χ3n) is 6.75. The lowest BCUT2D eigenvalue weighted by Crippen LogP contribution is -2.52. The second-order valence-corrected chi connectivity index (χ2v) is 8.76. The van der Waals surface area contributed by atoms with Crippen molar-refractivity contribution >= 4 is 16.8 Å².